The normalized spacial score (nSPS) is 21.9. The molecule has 1 unspecified atom stereocenters. The monoisotopic (exact) mass is 390 g/mol. The number of hydrogen-bond donors (Lipinski definition) is 3. The van der Waals surface area contributed by atoms with Crippen LogP contribution in [0.4, 0.5) is 5.69 Å². The minimum absolute atomic E-state index is 0.0750. The third-order valence-electron chi connectivity index (χ3n) is 5.33. The molecule has 3 rings (SSSR count). The zero-order valence-corrected chi connectivity index (χ0v) is 17.0. The van der Waals surface area contributed by atoms with Gasteiger partial charge in [-0.1, -0.05) is 18.2 Å². The number of fused-ring (bicyclic) bond motifs is 1. The van der Waals surface area contributed by atoms with E-state index in [4.69, 9.17) is 9.73 Å². The number of hydrogen-bond acceptors (Lipinski definition) is 4. The van der Waals surface area contributed by atoms with Gasteiger partial charge in [-0.05, 0) is 37.7 Å². The summed E-state index contributed by atoms with van der Waals surface area (Å²) >= 11 is 1.89. The van der Waals surface area contributed by atoms with Gasteiger partial charge in [0.1, 0.15) is 0 Å². The molecular formula is C20H30N4O2S. The first-order valence-corrected chi connectivity index (χ1v) is 10.9. The number of ether oxygens (including phenoxy) is 1. The van der Waals surface area contributed by atoms with E-state index >= 15 is 0 Å². The molecule has 2 heterocycles. The molecule has 0 spiro atoms. The van der Waals surface area contributed by atoms with E-state index in [0.717, 1.165) is 50.8 Å². The van der Waals surface area contributed by atoms with Crippen molar-refractivity contribution < 1.29 is 9.53 Å². The Balaban J connectivity index is 1.65. The van der Waals surface area contributed by atoms with Crippen LogP contribution in [0.3, 0.4) is 0 Å². The Kier molecular flexibility index (Phi) is 7.01. The summed E-state index contributed by atoms with van der Waals surface area (Å²) in [5, 5.41) is 9.74. The van der Waals surface area contributed by atoms with Gasteiger partial charge in [0.05, 0.1) is 6.54 Å². The number of para-hydroxylation sites is 1. The molecule has 1 amide bonds. The van der Waals surface area contributed by atoms with E-state index in [0.29, 0.717) is 13.0 Å². The number of rotatable bonds is 6. The summed E-state index contributed by atoms with van der Waals surface area (Å²) in [5.41, 5.74) is 2.11. The Labute approximate surface area is 165 Å². The van der Waals surface area contributed by atoms with Gasteiger partial charge < -0.3 is 20.7 Å². The second-order valence-electron chi connectivity index (χ2n) is 7.11. The molecule has 0 saturated carbocycles. The van der Waals surface area contributed by atoms with Gasteiger partial charge in [0.15, 0.2) is 5.96 Å². The lowest BCUT2D eigenvalue weighted by atomic mass is 9.90. The van der Waals surface area contributed by atoms with Crippen LogP contribution in [0.5, 0.6) is 0 Å². The molecule has 0 aliphatic carbocycles. The maximum atomic E-state index is 12.0. The van der Waals surface area contributed by atoms with Crippen molar-refractivity contribution in [3.63, 3.8) is 0 Å². The van der Waals surface area contributed by atoms with Gasteiger partial charge in [0, 0.05) is 49.1 Å². The lowest BCUT2D eigenvalue weighted by molar-refractivity contribution is -0.116. The molecule has 148 valence electrons. The van der Waals surface area contributed by atoms with E-state index in [1.807, 2.05) is 30.0 Å². The quantitative estimate of drug-likeness (QED) is 0.514. The van der Waals surface area contributed by atoms with Gasteiger partial charge in [-0.3, -0.25) is 9.79 Å². The largest absolute Gasteiger partial charge is 0.381 e. The Morgan fingerprint density at radius 2 is 2.11 bits per heavy atom. The van der Waals surface area contributed by atoms with Crippen molar-refractivity contribution >= 4 is 29.3 Å². The van der Waals surface area contributed by atoms with Crippen LogP contribution >= 0.6 is 11.8 Å². The second-order valence-corrected chi connectivity index (χ2v) is 8.39. The minimum Gasteiger partial charge on any atom is -0.381 e. The molecule has 0 bridgehead atoms. The molecule has 1 aromatic rings. The summed E-state index contributed by atoms with van der Waals surface area (Å²) in [5.74, 6) is 1.04. The maximum Gasteiger partial charge on any atom is 0.225 e. The Morgan fingerprint density at radius 3 is 2.85 bits per heavy atom. The summed E-state index contributed by atoms with van der Waals surface area (Å²) in [6.45, 7) is 5.96. The highest BCUT2D eigenvalue weighted by molar-refractivity contribution is 8.00. The standard InChI is InChI=1S/C20H30N4O2S/c1-3-21-19(23-14-20(27-2)8-10-26-11-9-20)22-13-15-12-18(25)24-17-7-5-4-6-16(15)17/h4-7,15H,3,8-14H2,1-2H3,(H,24,25)(H2,21,22,23). The summed E-state index contributed by atoms with van der Waals surface area (Å²) < 4.78 is 5.68. The highest BCUT2D eigenvalue weighted by Crippen LogP contribution is 2.34. The number of thioether (sulfide) groups is 1. The van der Waals surface area contributed by atoms with Gasteiger partial charge >= 0.3 is 0 Å². The first kappa shape index (κ1) is 20.0. The Morgan fingerprint density at radius 1 is 1.33 bits per heavy atom. The van der Waals surface area contributed by atoms with E-state index in [2.05, 4.69) is 35.2 Å². The third kappa shape index (κ3) is 5.17. The van der Waals surface area contributed by atoms with Crippen molar-refractivity contribution in [1.29, 1.82) is 0 Å². The molecule has 2 aliphatic heterocycles. The fourth-order valence-corrected chi connectivity index (χ4v) is 4.41. The number of nitrogens with zero attached hydrogens (tertiary/aromatic N) is 1. The molecule has 2 aliphatic rings. The Hall–Kier alpha value is -1.73. The fraction of sp³-hybridized carbons (Fsp3) is 0.600. The smallest absolute Gasteiger partial charge is 0.225 e. The number of aliphatic imine (C=N–C) groups is 1. The second kappa shape index (κ2) is 9.46. The SMILES string of the molecule is CCNC(=NCC1(SC)CCOCC1)NCC1CC(=O)Nc2ccccc21. The fourth-order valence-electron chi connectivity index (χ4n) is 3.64. The third-order valence-corrected chi connectivity index (χ3v) is 6.73. The molecule has 0 radical (unpaired) electrons. The van der Waals surface area contributed by atoms with Gasteiger partial charge in [-0.15, -0.1) is 0 Å². The van der Waals surface area contributed by atoms with Crippen molar-refractivity contribution in [3.05, 3.63) is 29.8 Å². The lowest BCUT2D eigenvalue weighted by Gasteiger charge is -2.34. The summed E-state index contributed by atoms with van der Waals surface area (Å²) in [6, 6.07) is 8.04. The van der Waals surface area contributed by atoms with Gasteiger partial charge in [-0.2, -0.15) is 11.8 Å². The predicted molar refractivity (Wildman–Crippen MR) is 113 cm³/mol. The predicted octanol–water partition coefficient (Wildman–Crippen LogP) is 2.58. The van der Waals surface area contributed by atoms with Crippen LogP contribution in [-0.4, -0.2) is 55.7 Å². The highest BCUT2D eigenvalue weighted by atomic mass is 32.2. The van der Waals surface area contributed by atoms with Crippen molar-refractivity contribution in [1.82, 2.24) is 10.6 Å². The van der Waals surface area contributed by atoms with E-state index in [-0.39, 0.29) is 16.6 Å². The van der Waals surface area contributed by atoms with Crippen LogP contribution in [0.15, 0.2) is 29.3 Å². The van der Waals surface area contributed by atoms with E-state index in [1.165, 1.54) is 5.56 Å². The first-order chi connectivity index (χ1) is 13.2. The minimum atomic E-state index is 0.0750. The number of anilines is 1. The highest BCUT2D eigenvalue weighted by Gasteiger charge is 2.31. The van der Waals surface area contributed by atoms with E-state index < -0.39 is 0 Å². The van der Waals surface area contributed by atoms with Gasteiger partial charge in [-0.25, -0.2) is 0 Å². The number of nitrogens with one attached hydrogen (secondary N) is 3. The average Bonchev–Trinajstić information content (AvgIpc) is 2.70. The molecule has 6 nitrogen and oxygen atoms in total. The van der Waals surface area contributed by atoms with E-state index in [9.17, 15) is 4.79 Å². The van der Waals surface area contributed by atoms with Crippen LogP contribution in [0, 0.1) is 0 Å². The number of benzene rings is 1. The molecule has 7 heteroatoms. The molecule has 1 saturated heterocycles. The molecule has 27 heavy (non-hydrogen) atoms. The van der Waals surface area contributed by atoms with Crippen LogP contribution < -0.4 is 16.0 Å². The van der Waals surface area contributed by atoms with Crippen molar-refractivity contribution in [2.24, 2.45) is 4.99 Å². The Bertz CT molecular complexity index is 674. The zero-order chi connectivity index (χ0) is 19.1. The van der Waals surface area contributed by atoms with Crippen LogP contribution in [-0.2, 0) is 9.53 Å². The molecule has 0 aromatic heterocycles. The van der Waals surface area contributed by atoms with Gasteiger partial charge in [0.2, 0.25) is 5.91 Å². The van der Waals surface area contributed by atoms with Crippen molar-refractivity contribution in [2.75, 3.05) is 44.4 Å². The molecule has 3 N–H and O–H groups in total. The number of carbonyl (C=O) groups excluding carboxylic acids is 1. The topological polar surface area (TPSA) is 74.8 Å². The molecule has 1 atom stereocenters. The lowest BCUT2D eigenvalue weighted by Crippen LogP contribution is -2.42. The zero-order valence-electron chi connectivity index (χ0n) is 16.2. The summed E-state index contributed by atoms with van der Waals surface area (Å²) in [6.07, 6.45) is 4.73. The number of carbonyl (C=O) groups is 1. The maximum absolute atomic E-state index is 12.0. The van der Waals surface area contributed by atoms with Crippen molar-refractivity contribution in [2.45, 2.75) is 36.9 Å². The average molecular weight is 391 g/mol. The first-order valence-electron chi connectivity index (χ1n) is 9.69. The van der Waals surface area contributed by atoms with Crippen LogP contribution in [0.2, 0.25) is 0 Å². The van der Waals surface area contributed by atoms with Crippen molar-refractivity contribution in [3.8, 4) is 0 Å². The molecular weight excluding hydrogens is 360 g/mol. The van der Waals surface area contributed by atoms with Crippen LogP contribution in [0.25, 0.3) is 0 Å². The van der Waals surface area contributed by atoms with Crippen LogP contribution in [0.1, 0.15) is 37.7 Å². The molecule has 1 fully saturated rings. The number of amides is 1. The summed E-state index contributed by atoms with van der Waals surface area (Å²) in [7, 11) is 0. The van der Waals surface area contributed by atoms with E-state index in [1.54, 1.807) is 0 Å². The number of guanidine groups is 1. The van der Waals surface area contributed by atoms with Gasteiger partial charge in [0.25, 0.3) is 0 Å². The summed E-state index contributed by atoms with van der Waals surface area (Å²) in [4.78, 5) is 16.9. The molecule has 1 aromatic carbocycles.